The van der Waals surface area contributed by atoms with Crippen LogP contribution in [0.1, 0.15) is 18.9 Å². The van der Waals surface area contributed by atoms with Crippen LogP contribution in [0, 0.1) is 5.82 Å². The second kappa shape index (κ2) is 5.86. The third kappa shape index (κ3) is 3.04. The number of hydrogen-bond donors (Lipinski definition) is 0. The summed E-state index contributed by atoms with van der Waals surface area (Å²) >= 11 is 0. The second-order valence-electron chi connectivity index (χ2n) is 4.94. The highest BCUT2D eigenvalue weighted by Crippen LogP contribution is 2.26. The SMILES string of the molecule is CC(C=O)(C/C=C/N1CCOC1=O)c1ccc(F)cc1. The van der Waals surface area contributed by atoms with Crippen LogP contribution in [0.2, 0.25) is 0 Å². The van der Waals surface area contributed by atoms with Crippen molar-refractivity contribution >= 4 is 12.4 Å². The molecule has 0 radical (unpaired) electrons. The van der Waals surface area contributed by atoms with Crippen molar-refractivity contribution in [2.45, 2.75) is 18.8 Å². The molecule has 1 aromatic rings. The Balaban J connectivity index is 2.07. The summed E-state index contributed by atoms with van der Waals surface area (Å²) in [6, 6.07) is 5.86. The van der Waals surface area contributed by atoms with E-state index < -0.39 is 5.41 Å². The monoisotopic (exact) mass is 277 g/mol. The minimum Gasteiger partial charge on any atom is -0.447 e. The van der Waals surface area contributed by atoms with Crippen LogP contribution in [0.15, 0.2) is 36.5 Å². The molecule has 1 amide bonds. The van der Waals surface area contributed by atoms with Gasteiger partial charge in [0.15, 0.2) is 0 Å². The Kier molecular flexibility index (Phi) is 4.17. The van der Waals surface area contributed by atoms with Crippen LogP contribution in [0.3, 0.4) is 0 Å². The van der Waals surface area contributed by atoms with Gasteiger partial charge in [0.25, 0.3) is 0 Å². The third-order valence-electron chi connectivity index (χ3n) is 3.38. The van der Waals surface area contributed by atoms with Crippen molar-refractivity contribution in [2.24, 2.45) is 0 Å². The van der Waals surface area contributed by atoms with Crippen molar-refractivity contribution in [3.63, 3.8) is 0 Å². The van der Waals surface area contributed by atoms with Gasteiger partial charge in [-0.2, -0.15) is 0 Å². The zero-order chi connectivity index (χ0) is 14.6. The van der Waals surface area contributed by atoms with Gasteiger partial charge in [0.2, 0.25) is 0 Å². The van der Waals surface area contributed by atoms with Gasteiger partial charge < -0.3 is 9.53 Å². The van der Waals surface area contributed by atoms with E-state index in [9.17, 15) is 14.0 Å². The Hall–Kier alpha value is -2.17. The highest BCUT2D eigenvalue weighted by atomic mass is 19.1. The van der Waals surface area contributed by atoms with E-state index in [0.717, 1.165) is 11.8 Å². The van der Waals surface area contributed by atoms with Gasteiger partial charge >= 0.3 is 6.09 Å². The van der Waals surface area contributed by atoms with E-state index in [1.807, 2.05) is 0 Å². The fraction of sp³-hybridized carbons (Fsp3) is 0.333. The average Bonchev–Trinajstić information content (AvgIpc) is 2.85. The summed E-state index contributed by atoms with van der Waals surface area (Å²) in [6.45, 7) is 2.68. The van der Waals surface area contributed by atoms with Crippen molar-refractivity contribution in [2.75, 3.05) is 13.2 Å². The molecule has 0 saturated carbocycles. The predicted molar refractivity (Wildman–Crippen MR) is 71.6 cm³/mol. The molecular weight excluding hydrogens is 261 g/mol. The van der Waals surface area contributed by atoms with Gasteiger partial charge in [-0.1, -0.05) is 18.2 Å². The van der Waals surface area contributed by atoms with Crippen molar-refractivity contribution in [3.8, 4) is 0 Å². The maximum atomic E-state index is 12.9. The summed E-state index contributed by atoms with van der Waals surface area (Å²) in [4.78, 5) is 24.1. The maximum Gasteiger partial charge on any atom is 0.413 e. The highest BCUT2D eigenvalue weighted by Gasteiger charge is 2.25. The minimum absolute atomic E-state index is 0.336. The fourth-order valence-corrected chi connectivity index (χ4v) is 2.03. The summed E-state index contributed by atoms with van der Waals surface area (Å²) in [5, 5.41) is 0. The molecule has 0 N–H and O–H groups in total. The summed E-state index contributed by atoms with van der Waals surface area (Å²) in [6.07, 6.45) is 4.26. The predicted octanol–water partition coefficient (Wildman–Crippen LogP) is 2.64. The Morgan fingerprint density at radius 3 is 2.65 bits per heavy atom. The van der Waals surface area contributed by atoms with E-state index in [4.69, 9.17) is 4.74 Å². The molecule has 0 bridgehead atoms. The van der Waals surface area contributed by atoms with Crippen molar-refractivity contribution in [1.29, 1.82) is 0 Å². The zero-order valence-corrected chi connectivity index (χ0v) is 11.2. The molecule has 1 aliphatic rings. The molecule has 4 nitrogen and oxygen atoms in total. The van der Waals surface area contributed by atoms with Gasteiger partial charge in [0.1, 0.15) is 18.7 Å². The molecule has 5 heteroatoms. The van der Waals surface area contributed by atoms with Gasteiger partial charge in [-0.3, -0.25) is 4.90 Å². The lowest BCUT2D eigenvalue weighted by Gasteiger charge is -2.22. The van der Waals surface area contributed by atoms with Crippen molar-refractivity contribution in [3.05, 3.63) is 47.9 Å². The maximum absolute atomic E-state index is 12.9. The molecule has 1 unspecified atom stereocenters. The van der Waals surface area contributed by atoms with Gasteiger partial charge in [-0.15, -0.1) is 0 Å². The summed E-state index contributed by atoms with van der Waals surface area (Å²) in [5.74, 6) is -0.336. The first kappa shape index (κ1) is 14.2. The van der Waals surface area contributed by atoms with Crippen LogP contribution in [-0.4, -0.2) is 30.4 Å². The quantitative estimate of drug-likeness (QED) is 0.777. The lowest BCUT2D eigenvalue weighted by Crippen LogP contribution is -2.23. The van der Waals surface area contributed by atoms with Crippen molar-refractivity contribution < 1.29 is 18.7 Å². The average molecular weight is 277 g/mol. The molecule has 1 heterocycles. The Morgan fingerprint density at radius 1 is 1.40 bits per heavy atom. The van der Waals surface area contributed by atoms with Crippen LogP contribution >= 0.6 is 0 Å². The molecule has 1 saturated heterocycles. The van der Waals surface area contributed by atoms with Gasteiger partial charge in [0.05, 0.1) is 12.0 Å². The summed E-state index contributed by atoms with van der Waals surface area (Å²) in [5.41, 5.74) is -0.00376. The molecule has 20 heavy (non-hydrogen) atoms. The normalized spacial score (nSPS) is 18.1. The number of hydrogen-bond acceptors (Lipinski definition) is 3. The topological polar surface area (TPSA) is 46.6 Å². The lowest BCUT2D eigenvalue weighted by atomic mass is 9.81. The number of cyclic esters (lactones) is 1. The molecule has 106 valence electrons. The number of carbonyl (C=O) groups excluding carboxylic acids is 2. The number of allylic oxidation sites excluding steroid dienone is 1. The zero-order valence-electron chi connectivity index (χ0n) is 11.2. The molecule has 1 atom stereocenters. The number of nitrogens with zero attached hydrogens (tertiary/aromatic N) is 1. The number of ether oxygens (including phenoxy) is 1. The fourth-order valence-electron chi connectivity index (χ4n) is 2.03. The van der Waals surface area contributed by atoms with Crippen LogP contribution in [0.4, 0.5) is 9.18 Å². The van der Waals surface area contributed by atoms with E-state index >= 15 is 0 Å². The van der Waals surface area contributed by atoms with Gasteiger partial charge in [-0.05, 0) is 31.0 Å². The number of halogens is 1. The van der Waals surface area contributed by atoms with Crippen molar-refractivity contribution in [1.82, 2.24) is 4.90 Å². The van der Waals surface area contributed by atoms with E-state index in [1.54, 1.807) is 31.3 Å². The molecule has 1 aliphatic heterocycles. The van der Waals surface area contributed by atoms with Crippen LogP contribution in [-0.2, 0) is 14.9 Å². The molecule has 0 aromatic heterocycles. The van der Waals surface area contributed by atoms with E-state index in [0.29, 0.717) is 19.6 Å². The Bertz CT molecular complexity index is 526. The van der Waals surface area contributed by atoms with Gasteiger partial charge in [0, 0.05) is 6.20 Å². The first-order valence-corrected chi connectivity index (χ1v) is 6.37. The lowest BCUT2D eigenvalue weighted by molar-refractivity contribution is -0.112. The summed E-state index contributed by atoms with van der Waals surface area (Å²) < 4.78 is 17.7. The molecule has 1 aromatic carbocycles. The third-order valence-corrected chi connectivity index (χ3v) is 3.38. The van der Waals surface area contributed by atoms with E-state index in [-0.39, 0.29) is 11.9 Å². The van der Waals surface area contributed by atoms with Crippen LogP contribution in [0.5, 0.6) is 0 Å². The molecular formula is C15H16FNO3. The molecule has 1 fully saturated rings. The minimum atomic E-state index is -0.742. The molecule has 0 spiro atoms. The molecule has 2 rings (SSSR count). The highest BCUT2D eigenvalue weighted by molar-refractivity contribution is 5.71. The van der Waals surface area contributed by atoms with Crippen LogP contribution in [0.25, 0.3) is 0 Å². The second-order valence-corrected chi connectivity index (χ2v) is 4.94. The number of carbonyl (C=O) groups is 2. The van der Waals surface area contributed by atoms with Gasteiger partial charge in [-0.25, -0.2) is 9.18 Å². The largest absolute Gasteiger partial charge is 0.447 e. The van der Waals surface area contributed by atoms with E-state index in [2.05, 4.69) is 0 Å². The number of benzene rings is 1. The number of rotatable bonds is 5. The van der Waals surface area contributed by atoms with Crippen LogP contribution < -0.4 is 0 Å². The first-order valence-electron chi connectivity index (χ1n) is 6.37. The van der Waals surface area contributed by atoms with E-state index in [1.165, 1.54) is 17.0 Å². The Morgan fingerprint density at radius 2 is 2.10 bits per heavy atom. The Labute approximate surface area is 116 Å². The smallest absolute Gasteiger partial charge is 0.413 e. The molecule has 0 aliphatic carbocycles. The number of amides is 1. The standard InChI is InChI=1S/C15H16FNO3/c1-15(11-18,12-3-5-13(16)6-4-12)7-2-8-17-9-10-20-14(17)19/h2-6,8,11H,7,9-10H2,1H3/b8-2+. The summed E-state index contributed by atoms with van der Waals surface area (Å²) in [7, 11) is 0. The first-order chi connectivity index (χ1) is 9.55. The number of aldehydes is 1.